The number of carbonyl (C=O) groups is 1. The van der Waals surface area contributed by atoms with Crippen molar-refractivity contribution >= 4 is 26.7 Å². The van der Waals surface area contributed by atoms with Crippen molar-refractivity contribution in [2.75, 3.05) is 13.1 Å². The van der Waals surface area contributed by atoms with E-state index in [2.05, 4.69) is 14.7 Å². The van der Waals surface area contributed by atoms with Gasteiger partial charge in [-0.3, -0.25) is 9.78 Å². The molecule has 4 rings (SSSR count). The van der Waals surface area contributed by atoms with Crippen LogP contribution in [0.2, 0.25) is 0 Å². The molecule has 0 radical (unpaired) electrons. The summed E-state index contributed by atoms with van der Waals surface area (Å²) in [6, 6.07) is 9.10. The van der Waals surface area contributed by atoms with Crippen LogP contribution in [0.25, 0.3) is 4.91 Å². The number of likely N-dealkylation sites (tertiary alicyclic amines) is 1. The van der Waals surface area contributed by atoms with Crippen molar-refractivity contribution in [3.05, 3.63) is 70.6 Å². The molecule has 1 aromatic carbocycles. The molecule has 0 spiro atoms. The number of aromatic nitrogens is 1. The number of amides is 1. The number of pyridine rings is 1. The summed E-state index contributed by atoms with van der Waals surface area (Å²) in [7, 11) is -3.74. The number of nitrogens with one attached hydrogen (secondary N) is 1. The molecule has 0 saturated carbocycles. The maximum Gasteiger partial charge on any atom is 0.285 e. The lowest BCUT2D eigenvalue weighted by atomic mass is 10.0. The monoisotopic (exact) mass is 438 g/mol. The quantitative estimate of drug-likeness (QED) is 0.795. The van der Waals surface area contributed by atoms with Crippen molar-refractivity contribution in [3.63, 3.8) is 0 Å². The maximum atomic E-state index is 12.9. The third-order valence-electron chi connectivity index (χ3n) is 5.98. The van der Waals surface area contributed by atoms with Gasteiger partial charge in [0.15, 0.2) is 0 Å². The fourth-order valence-corrected chi connectivity index (χ4v) is 5.55. The van der Waals surface area contributed by atoms with Gasteiger partial charge in [0.25, 0.3) is 15.9 Å². The third kappa shape index (κ3) is 4.25. The van der Waals surface area contributed by atoms with Gasteiger partial charge in [-0.05, 0) is 62.4 Å². The van der Waals surface area contributed by atoms with Crippen molar-refractivity contribution in [2.45, 2.75) is 39.7 Å². The number of nitrogens with zero attached hydrogens (tertiary/aromatic N) is 3. The minimum atomic E-state index is -3.74. The highest BCUT2D eigenvalue weighted by Gasteiger charge is 2.35. The van der Waals surface area contributed by atoms with Crippen LogP contribution in [0.5, 0.6) is 0 Å². The molecule has 31 heavy (non-hydrogen) atoms. The first-order chi connectivity index (χ1) is 14.8. The van der Waals surface area contributed by atoms with Crippen LogP contribution in [0.3, 0.4) is 0 Å². The molecule has 3 heterocycles. The van der Waals surface area contributed by atoms with Gasteiger partial charge in [0.05, 0.1) is 0 Å². The number of hydrogen-bond acceptors (Lipinski definition) is 5. The maximum absolute atomic E-state index is 12.9. The number of rotatable bonds is 3. The molecule has 1 aromatic heterocycles. The molecular formula is C23H26N4O3S. The fraction of sp³-hybridized carbons (Fsp3) is 0.348. The molecule has 0 bridgehead atoms. The van der Waals surface area contributed by atoms with Gasteiger partial charge in [0, 0.05) is 42.7 Å². The molecule has 0 aliphatic carbocycles. The average Bonchev–Trinajstić information content (AvgIpc) is 3.00. The molecule has 2 aliphatic heterocycles. The Morgan fingerprint density at radius 3 is 2.35 bits per heavy atom. The van der Waals surface area contributed by atoms with E-state index in [1.165, 1.54) is 0 Å². The van der Waals surface area contributed by atoms with Gasteiger partial charge in [0.2, 0.25) is 0 Å². The highest BCUT2D eigenvalue weighted by Crippen LogP contribution is 2.35. The van der Waals surface area contributed by atoms with Crippen LogP contribution >= 0.6 is 0 Å². The SMILES string of the molecule is CC1=C(c2ccc(C)c(C)c2)S(=O)(=O)N=C1N1CCC(NC(=O)c2ccncc2)CC1. The van der Waals surface area contributed by atoms with E-state index in [9.17, 15) is 13.2 Å². The molecule has 7 nitrogen and oxygen atoms in total. The van der Waals surface area contributed by atoms with Gasteiger partial charge in [0.1, 0.15) is 10.7 Å². The molecule has 0 atom stereocenters. The van der Waals surface area contributed by atoms with E-state index >= 15 is 0 Å². The van der Waals surface area contributed by atoms with Crippen LogP contribution in [0.4, 0.5) is 0 Å². The Morgan fingerprint density at radius 1 is 1.03 bits per heavy atom. The average molecular weight is 439 g/mol. The highest BCUT2D eigenvalue weighted by molar-refractivity contribution is 8.00. The van der Waals surface area contributed by atoms with Crippen LogP contribution in [0.1, 0.15) is 46.8 Å². The fourth-order valence-electron chi connectivity index (χ4n) is 4.07. The summed E-state index contributed by atoms with van der Waals surface area (Å²) in [4.78, 5) is 18.6. The van der Waals surface area contributed by atoms with Gasteiger partial charge in [-0.15, -0.1) is 4.40 Å². The molecule has 162 valence electrons. The van der Waals surface area contributed by atoms with E-state index in [0.29, 0.717) is 40.5 Å². The number of carbonyl (C=O) groups excluding carboxylic acids is 1. The smallest absolute Gasteiger partial charge is 0.285 e. The number of amidine groups is 1. The second kappa shape index (κ2) is 8.26. The Hall–Kier alpha value is -3.00. The van der Waals surface area contributed by atoms with Gasteiger partial charge < -0.3 is 10.2 Å². The zero-order chi connectivity index (χ0) is 22.2. The van der Waals surface area contributed by atoms with Gasteiger partial charge in [-0.2, -0.15) is 8.42 Å². The lowest BCUT2D eigenvalue weighted by Gasteiger charge is -2.33. The van der Waals surface area contributed by atoms with Gasteiger partial charge in [-0.25, -0.2) is 0 Å². The highest BCUT2D eigenvalue weighted by atomic mass is 32.2. The Bertz CT molecular complexity index is 1180. The van der Waals surface area contributed by atoms with Crippen LogP contribution in [-0.2, 0) is 10.0 Å². The Labute approximate surface area is 183 Å². The predicted molar refractivity (Wildman–Crippen MR) is 121 cm³/mol. The third-order valence-corrected chi connectivity index (χ3v) is 7.45. The molecule has 2 aromatic rings. The van der Waals surface area contributed by atoms with E-state index in [1.807, 2.05) is 43.9 Å². The van der Waals surface area contributed by atoms with E-state index < -0.39 is 10.0 Å². The van der Waals surface area contributed by atoms with Crippen molar-refractivity contribution < 1.29 is 13.2 Å². The summed E-state index contributed by atoms with van der Waals surface area (Å²) in [6.07, 6.45) is 4.64. The summed E-state index contributed by atoms with van der Waals surface area (Å²) in [5, 5.41) is 3.06. The molecular weight excluding hydrogens is 412 g/mol. The molecule has 1 saturated heterocycles. The summed E-state index contributed by atoms with van der Waals surface area (Å²) in [6.45, 7) is 7.07. The molecule has 0 unspecified atom stereocenters. The van der Waals surface area contributed by atoms with Crippen LogP contribution in [-0.4, -0.2) is 49.2 Å². The van der Waals surface area contributed by atoms with Gasteiger partial charge >= 0.3 is 0 Å². The summed E-state index contributed by atoms with van der Waals surface area (Å²) in [5.74, 6) is 0.405. The number of sulfonamides is 1. The Morgan fingerprint density at radius 2 is 1.71 bits per heavy atom. The first-order valence-electron chi connectivity index (χ1n) is 10.4. The lowest BCUT2D eigenvalue weighted by molar-refractivity contribution is 0.0922. The van der Waals surface area contributed by atoms with Crippen molar-refractivity contribution in [2.24, 2.45) is 4.40 Å². The summed E-state index contributed by atoms with van der Waals surface area (Å²) >= 11 is 0. The number of hydrogen-bond donors (Lipinski definition) is 1. The van der Waals surface area contributed by atoms with Gasteiger partial charge in [-0.1, -0.05) is 18.2 Å². The molecule has 1 amide bonds. The minimum absolute atomic E-state index is 0.0408. The zero-order valence-electron chi connectivity index (χ0n) is 17.9. The van der Waals surface area contributed by atoms with Crippen molar-refractivity contribution in [1.29, 1.82) is 0 Å². The standard InChI is InChI=1S/C23H26N4O3S/c1-15-4-5-19(14-16(15)2)21-17(3)22(26-31(21,29)30)27-12-8-20(9-13-27)25-23(28)18-6-10-24-11-7-18/h4-7,10-11,14,20H,8-9,12-13H2,1-3H3,(H,25,28). The largest absolute Gasteiger partial charge is 0.356 e. The lowest BCUT2D eigenvalue weighted by Crippen LogP contribution is -2.46. The van der Waals surface area contributed by atoms with Crippen molar-refractivity contribution in [3.8, 4) is 0 Å². The first-order valence-corrected chi connectivity index (χ1v) is 11.8. The summed E-state index contributed by atoms with van der Waals surface area (Å²) < 4.78 is 29.8. The number of aryl methyl sites for hydroxylation is 2. The normalized spacial score (nSPS) is 18.8. The van der Waals surface area contributed by atoms with Crippen LogP contribution in [0, 0.1) is 13.8 Å². The van der Waals surface area contributed by atoms with E-state index in [4.69, 9.17) is 0 Å². The van der Waals surface area contributed by atoms with E-state index in [1.54, 1.807) is 24.5 Å². The summed E-state index contributed by atoms with van der Waals surface area (Å²) in [5.41, 5.74) is 4.11. The predicted octanol–water partition coefficient (Wildman–Crippen LogP) is 3.07. The second-order valence-electron chi connectivity index (χ2n) is 8.11. The Kier molecular flexibility index (Phi) is 5.66. The minimum Gasteiger partial charge on any atom is -0.356 e. The van der Waals surface area contributed by atoms with E-state index in [-0.39, 0.29) is 11.9 Å². The zero-order valence-corrected chi connectivity index (χ0v) is 18.7. The molecule has 1 fully saturated rings. The number of piperidine rings is 1. The molecule has 2 aliphatic rings. The van der Waals surface area contributed by atoms with Crippen molar-refractivity contribution in [1.82, 2.24) is 15.2 Å². The number of benzene rings is 1. The molecule has 8 heteroatoms. The second-order valence-corrected chi connectivity index (χ2v) is 9.65. The van der Waals surface area contributed by atoms with Crippen LogP contribution < -0.4 is 5.32 Å². The van der Waals surface area contributed by atoms with E-state index in [0.717, 1.165) is 24.0 Å². The Balaban J connectivity index is 1.47. The molecule has 1 N–H and O–H groups in total. The topological polar surface area (TPSA) is 91.7 Å². The van der Waals surface area contributed by atoms with Crippen LogP contribution in [0.15, 0.2) is 52.7 Å². The first kappa shape index (κ1) is 21.2.